The lowest BCUT2D eigenvalue weighted by Crippen LogP contribution is -2.07. The van der Waals surface area contributed by atoms with Crippen molar-refractivity contribution in [2.75, 3.05) is 6.54 Å². The highest BCUT2D eigenvalue weighted by atomic mass is 19.2. The van der Waals surface area contributed by atoms with Gasteiger partial charge in [-0.3, -0.25) is 0 Å². The van der Waals surface area contributed by atoms with E-state index in [0.29, 0.717) is 18.7 Å². The van der Waals surface area contributed by atoms with Gasteiger partial charge in [-0.2, -0.15) is 0 Å². The molecule has 2 N–H and O–H groups in total. The highest BCUT2D eigenvalue weighted by Crippen LogP contribution is 2.16. The highest BCUT2D eigenvalue weighted by Gasteiger charge is 2.06. The van der Waals surface area contributed by atoms with Gasteiger partial charge < -0.3 is 10.3 Å². The lowest BCUT2D eigenvalue weighted by Gasteiger charge is -2.08. The van der Waals surface area contributed by atoms with Crippen LogP contribution >= 0.6 is 0 Å². The number of halogens is 2. The number of rotatable bonds is 3. The van der Waals surface area contributed by atoms with Crippen molar-refractivity contribution in [2.45, 2.75) is 6.42 Å². The lowest BCUT2D eigenvalue weighted by molar-refractivity contribution is 0.508. The molecule has 0 aliphatic rings. The summed E-state index contributed by atoms with van der Waals surface area (Å²) in [5, 5.41) is 0. The first kappa shape index (κ1) is 10.8. The molecule has 84 valence electrons. The van der Waals surface area contributed by atoms with E-state index in [1.54, 1.807) is 16.8 Å². The van der Waals surface area contributed by atoms with Crippen molar-refractivity contribution in [3.05, 3.63) is 53.9 Å². The molecule has 1 aromatic carbocycles. The minimum absolute atomic E-state index is 0.522. The van der Waals surface area contributed by atoms with E-state index < -0.39 is 11.6 Å². The Morgan fingerprint density at radius 1 is 1.12 bits per heavy atom. The summed E-state index contributed by atoms with van der Waals surface area (Å²) < 4.78 is 27.7. The summed E-state index contributed by atoms with van der Waals surface area (Å²) in [4.78, 5) is 0. The van der Waals surface area contributed by atoms with E-state index in [2.05, 4.69) is 0 Å². The summed E-state index contributed by atoms with van der Waals surface area (Å²) in [7, 11) is 0. The zero-order chi connectivity index (χ0) is 11.5. The number of aromatic nitrogens is 1. The van der Waals surface area contributed by atoms with Crippen molar-refractivity contribution >= 4 is 0 Å². The Labute approximate surface area is 92.3 Å². The molecule has 1 heterocycles. The molecule has 0 saturated carbocycles. The van der Waals surface area contributed by atoms with Crippen molar-refractivity contribution in [3.63, 3.8) is 0 Å². The van der Waals surface area contributed by atoms with E-state index in [4.69, 9.17) is 5.73 Å². The second-order valence-electron chi connectivity index (χ2n) is 3.51. The van der Waals surface area contributed by atoms with Gasteiger partial charge in [0.05, 0.1) is 0 Å². The zero-order valence-electron chi connectivity index (χ0n) is 8.66. The zero-order valence-corrected chi connectivity index (χ0v) is 8.66. The first-order valence-corrected chi connectivity index (χ1v) is 5.04. The van der Waals surface area contributed by atoms with E-state index in [0.717, 1.165) is 11.8 Å². The number of hydrogen-bond acceptors (Lipinski definition) is 1. The molecule has 0 radical (unpaired) electrons. The Hall–Kier alpha value is -1.68. The van der Waals surface area contributed by atoms with Gasteiger partial charge in [0.15, 0.2) is 11.6 Å². The Morgan fingerprint density at radius 2 is 1.94 bits per heavy atom. The maximum Gasteiger partial charge on any atom is 0.160 e. The third kappa shape index (κ3) is 1.97. The molecule has 2 nitrogen and oxygen atoms in total. The van der Waals surface area contributed by atoms with Crippen LogP contribution in [0, 0.1) is 11.6 Å². The van der Waals surface area contributed by atoms with Gasteiger partial charge >= 0.3 is 0 Å². The quantitative estimate of drug-likeness (QED) is 0.848. The maximum atomic E-state index is 13.1. The Kier molecular flexibility index (Phi) is 3.01. The maximum absolute atomic E-state index is 13.1. The Morgan fingerprint density at radius 3 is 2.62 bits per heavy atom. The van der Waals surface area contributed by atoms with E-state index in [1.807, 2.05) is 12.1 Å². The van der Waals surface area contributed by atoms with Gasteiger partial charge in [-0.05, 0) is 30.8 Å². The van der Waals surface area contributed by atoms with Crippen molar-refractivity contribution in [2.24, 2.45) is 5.73 Å². The largest absolute Gasteiger partial charge is 0.330 e. The van der Waals surface area contributed by atoms with Gasteiger partial charge in [0.25, 0.3) is 0 Å². The second kappa shape index (κ2) is 4.45. The van der Waals surface area contributed by atoms with Gasteiger partial charge in [0.1, 0.15) is 0 Å². The highest BCUT2D eigenvalue weighted by molar-refractivity contribution is 5.36. The number of nitrogens with two attached hydrogens (primary N) is 1. The van der Waals surface area contributed by atoms with Gasteiger partial charge in [-0.25, -0.2) is 8.78 Å². The summed E-state index contributed by atoms with van der Waals surface area (Å²) in [5.74, 6) is -1.68. The monoisotopic (exact) mass is 222 g/mol. The lowest BCUT2D eigenvalue weighted by atomic mass is 10.2. The summed E-state index contributed by atoms with van der Waals surface area (Å²) in [6, 6.07) is 7.60. The standard InChI is InChI=1S/C12H12F2N2/c13-11-4-3-10(8-12(11)14)16-7-1-2-9(16)5-6-15/h1-4,7-8H,5-6,15H2. The molecule has 0 atom stereocenters. The molecule has 0 aliphatic carbocycles. The number of hydrogen-bond donors (Lipinski definition) is 1. The number of benzene rings is 1. The fourth-order valence-electron chi connectivity index (χ4n) is 1.65. The van der Waals surface area contributed by atoms with Gasteiger partial charge in [0, 0.05) is 30.1 Å². The molecule has 0 saturated heterocycles. The van der Waals surface area contributed by atoms with Crippen LogP contribution in [0.25, 0.3) is 5.69 Å². The van der Waals surface area contributed by atoms with Gasteiger partial charge in [0.2, 0.25) is 0 Å². The number of nitrogens with zero attached hydrogens (tertiary/aromatic N) is 1. The smallest absolute Gasteiger partial charge is 0.160 e. The van der Waals surface area contributed by atoms with E-state index >= 15 is 0 Å². The molecular formula is C12H12F2N2. The Balaban J connectivity index is 2.42. The predicted octanol–water partition coefficient (Wildman–Crippen LogP) is 2.26. The van der Waals surface area contributed by atoms with E-state index in [9.17, 15) is 8.78 Å². The van der Waals surface area contributed by atoms with Crippen LogP contribution in [0.5, 0.6) is 0 Å². The van der Waals surface area contributed by atoms with Gasteiger partial charge in [-0.1, -0.05) is 0 Å². The van der Waals surface area contributed by atoms with Crippen LogP contribution in [-0.2, 0) is 6.42 Å². The van der Waals surface area contributed by atoms with Crippen LogP contribution in [-0.4, -0.2) is 11.1 Å². The summed E-state index contributed by atoms with van der Waals surface area (Å²) in [5.41, 5.74) is 7.06. The van der Waals surface area contributed by atoms with Crippen molar-refractivity contribution in [1.29, 1.82) is 0 Å². The van der Waals surface area contributed by atoms with Crippen LogP contribution in [0.1, 0.15) is 5.69 Å². The SMILES string of the molecule is NCCc1cccn1-c1ccc(F)c(F)c1. The van der Waals surface area contributed by atoms with Crippen molar-refractivity contribution < 1.29 is 8.78 Å². The first-order chi connectivity index (χ1) is 7.72. The van der Waals surface area contributed by atoms with Crippen molar-refractivity contribution in [1.82, 2.24) is 4.57 Å². The Bertz CT molecular complexity index is 492. The summed E-state index contributed by atoms with van der Waals surface area (Å²) >= 11 is 0. The van der Waals surface area contributed by atoms with Gasteiger partial charge in [-0.15, -0.1) is 0 Å². The molecule has 0 fully saturated rings. The molecule has 4 heteroatoms. The summed E-state index contributed by atoms with van der Waals surface area (Å²) in [6.07, 6.45) is 2.50. The molecular weight excluding hydrogens is 210 g/mol. The third-order valence-corrected chi connectivity index (χ3v) is 2.42. The van der Waals surface area contributed by atoms with E-state index in [1.165, 1.54) is 6.07 Å². The molecule has 0 bridgehead atoms. The van der Waals surface area contributed by atoms with Crippen molar-refractivity contribution in [3.8, 4) is 5.69 Å². The average molecular weight is 222 g/mol. The van der Waals surface area contributed by atoms with E-state index in [-0.39, 0.29) is 0 Å². The molecule has 0 aliphatic heterocycles. The summed E-state index contributed by atoms with van der Waals surface area (Å²) in [6.45, 7) is 0.522. The first-order valence-electron chi connectivity index (χ1n) is 5.04. The molecule has 0 spiro atoms. The van der Waals surface area contributed by atoms with Crippen LogP contribution in [0.2, 0.25) is 0 Å². The van der Waals surface area contributed by atoms with Crippen LogP contribution < -0.4 is 5.73 Å². The second-order valence-corrected chi connectivity index (χ2v) is 3.51. The topological polar surface area (TPSA) is 30.9 Å². The molecule has 2 rings (SSSR count). The molecule has 2 aromatic rings. The predicted molar refractivity (Wildman–Crippen MR) is 58.4 cm³/mol. The molecule has 0 unspecified atom stereocenters. The fourth-order valence-corrected chi connectivity index (χ4v) is 1.65. The minimum Gasteiger partial charge on any atom is -0.330 e. The van der Waals surface area contributed by atoms with Crippen LogP contribution in [0.15, 0.2) is 36.5 Å². The van der Waals surface area contributed by atoms with Crippen LogP contribution in [0.4, 0.5) is 8.78 Å². The normalized spacial score (nSPS) is 10.7. The average Bonchev–Trinajstić information content (AvgIpc) is 2.71. The molecule has 1 aromatic heterocycles. The molecule has 16 heavy (non-hydrogen) atoms. The third-order valence-electron chi connectivity index (χ3n) is 2.42. The fraction of sp³-hybridized carbons (Fsp3) is 0.167. The molecule has 0 amide bonds. The van der Waals surface area contributed by atoms with Crippen LogP contribution in [0.3, 0.4) is 0 Å². The minimum atomic E-state index is -0.843.